The van der Waals surface area contributed by atoms with Gasteiger partial charge in [0.1, 0.15) is 17.8 Å². The predicted molar refractivity (Wildman–Crippen MR) is 95.6 cm³/mol. The summed E-state index contributed by atoms with van der Waals surface area (Å²) < 4.78 is 2.02. The SMILES string of the molecule is Cc1cc(-n2ccc3c(N)ncnc32)cc2c1C(=O)NC21CCCC1. The Labute approximate surface area is 145 Å². The van der Waals surface area contributed by atoms with Crippen molar-refractivity contribution in [2.75, 3.05) is 5.73 Å². The van der Waals surface area contributed by atoms with Crippen LogP contribution in [0.15, 0.2) is 30.7 Å². The smallest absolute Gasteiger partial charge is 0.252 e. The van der Waals surface area contributed by atoms with E-state index >= 15 is 0 Å². The van der Waals surface area contributed by atoms with Gasteiger partial charge in [0.05, 0.1) is 10.9 Å². The van der Waals surface area contributed by atoms with Crippen LogP contribution in [0.1, 0.15) is 47.2 Å². The zero-order valence-corrected chi connectivity index (χ0v) is 14.0. The lowest BCUT2D eigenvalue weighted by Gasteiger charge is -2.25. The fourth-order valence-corrected chi connectivity index (χ4v) is 4.49. The molecule has 0 saturated heterocycles. The first-order valence-electron chi connectivity index (χ1n) is 8.65. The van der Waals surface area contributed by atoms with Gasteiger partial charge in [-0.1, -0.05) is 12.8 Å². The van der Waals surface area contributed by atoms with Gasteiger partial charge in [-0.05, 0) is 49.1 Å². The molecule has 2 aliphatic rings. The molecule has 3 heterocycles. The molecule has 0 radical (unpaired) electrons. The van der Waals surface area contributed by atoms with Crippen LogP contribution >= 0.6 is 0 Å². The molecule has 6 nitrogen and oxygen atoms in total. The molecule has 25 heavy (non-hydrogen) atoms. The Morgan fingerprint density at radius 3 is 2.84 bits per heavy atom. The minimum Gasteiger partial charge on any atom is -0.383 e. The molecule has 126 valence electrons. The average molecular weight is 333 g/mol. The van der Waals surface area contributed by atoms with Gasteiger partial charge in [-0.3, -0.25) is 4.79 Å². The van der Waals surface area contributed by atoms with Crippen molar-refractivity contribution in [2.24, 2.45) is 0 Å². The molecule has 3 N–H and O–H groups in total. The number of nitrogens with two attached hydrogens (primary N) is 1. The maximum Gasteiger partial charge on any atom is 0.252 e. The summed E-state index contributed by atoms with van der Waals surface area (Å²) >= 11 is 0. The van der Waals surface area contributed by atoms with E-state index in [1.54, 1.807) is 0 Å². The number of nitrogens with zero attached hydrogens (tertiary/aromatic N) is 3. The lowest BCUT2D eigenvalue weighted by atomic mass is 9.87. The molecular formula is C19H19N5O. The first-order valence-corrected chi connectivity index (χ1v) is 8.65. The van der Waals surface area contributed by atoms with E-state index in [2.05, 4.69) is 21.4 Å². The second kappa shape index (κ2) is 4.81. The molecule has 0 bridgehead atoms. The standard InChI is InChI=1S/C19H19N5O/c1-11-8-12(24-7-4-13-16(20)21-10-22-17(13)24)9-14-15(11)18(25)23-19(14)5-2-3-6-19/h4,7-10H,2-3,5-6H2,1H3,(H,23,25)(H2,20,21,22). The summed E-state index contributed by atoms with van der Waals surface area (Å²) in [6, 6.07) is 6.12. The molecule has 1 aromatic carbocycles. The van der Waals surface area contributed by atoms with Crippen LogP contribution in [0.25, 0.3) is 16.7 Å². The topological polar surface area (TPSA) is 85.8 Å². The van der Waals surface area contributed by atoms with E-state index in [4.69, 9.17) is 5.73 Å². The summed E-state index contributed by atoms with van der Waals surface area (Å²) in [5.41, 5.74) is 10.5. The van der Waals surface area contributed by atoms with Crippen LogP contribution < -0.4 is 11.1 Å². The maximum atomic E-state index is 12.5. The van der Waals surface area contributed by atoms with E-state index in [-0.39, 0.29) is 11.4 Å². The third kappa shape index (κ3) is 1.88. The molecule has 1 amide bonds. The van der Waals surface area contributed by atoms with Gasteiger partial charge in [-0.15, -0.1) is 0 Å². The van der Waals surface area contributed by atoms with E-state index in [1.165, 1.54) is 6.33 Å². The van der Waals surface area contributed by atoms with Gasteiger partial charge in [-0.25, -0.2) is 9.97 Å². The van der Waals surface area contributed by atoms with E-state index in [0.717, 1.165) is 59.1 Å². The zero-order valence-electron chi connectivity index (χ0n) is 14.0. The molecule has 5 rings (SSSR count). The number of amides is 1. The number of hydrogen-bond acceptors (Lipinski definition) is 4. The van der Waals surface area contributed by atoms with Crippen molar-refractivity contribution in [3.8, 4) is 5.69 Å². The third-order valence-electron chi connectivity index (χ3n) is 5.66. The molecule has 1 spiro atoms. The molecule has 0 unspecified atom stereocenters. The van der Waals surface area contributed by atoms with E-state index in [1.807, 2.05) is 29.8 Å². The number of aryl methyl sites for hydroxylation is 1. The zero-order chi connectivity index (χ0) is 17.2. The quantitative estimate of drug-likeness (QED) is 0.717. The highest BCUT2D eigenvalue weighted by Crippen LogP contribution is 2.45. The number of aromatic nitrogens is 3. The molecule has 1 saturated carbocycles. The summed E-state index contributed by atoms with van der Waals surface area (Å²) in [5.74, 6) is 0.538. The fraction of sp³-hybridized carbons (Fsp3) is 0.316. The highest BCUT2D eigenvalue weighted by molar-refractivity contribution is 6.02. The van der Waals surface area contributed by atoms with Gasteiger partial charge in [0, 0.05) is 17.4 Å². The summed E-state index contributed by atoms with van der Waals surface area (Å²) in [6.07, 6.45) is 7.77. The van der Waals surface area contributed by atoms with Crippen LogP contribution in [0.2, 0.25) is 0 Å². The Morgan fingerprint density at radius 1 is 1.24 bits per heavy atom. The molecule has 1 aliphatic carbocycles. The summed E-state index contributed by atoms with van der Waals surface area (Å²) in [4.78, 5) is 21.0. The number of carbonyl (C=O) groups is 1. The second-order valence-corrected chi connectivity index (χ2v) is 7.11. The number of hydrogen-bond donors (Lipinski definition) is 2. The van der Waals surface area contributed by atoms with Crippen molar-refractivity contribution in [1.29, 1.82) is 0 Å². The number of fused-ring (bicyclic) bond motifs is 3. The number of rotatable bonds is 1. The van der Waals surface area contributed by atoms with Crippen LogP contribution in [0.3, 0.4) is 0 Å². The van der Waals surface area contributed by atoms with Gasteiger partial charge in [-0.2, -0.15) is 0 Å². The van der Waals surface area contributed by atoms with E-state index < -0.39 is 0 Å². The average Bonchev–Trinajstić information content (AvgIpc) is 3.27. The van der Waals surface area contributed by atoms with Crippen molar-refractivity contribution in [2.45, 2.75) is 38.1 Å². The summed E-state index contributed by atoms with van der Waals surface area (Å²) in [6.45, 7) is 2.00. The van der Waals surface area contributed by atoms with Crippen molar-refractivity contribution < 1.29 is 4.79 Å². The van der Waals surface area contributed by atoms with Gasteiger partial charge >= 0.3 is 0 Å². The van der Waals surface area contributed by atoms with Crippen molar-refractivity contribution in [3.63, 3.8) is 0 Å². The van der Waals surface area contributed by atoms with Crippen LogP contribution in [-0.2, 0) is 5.54 Å². The predicted octanol–water partition coefficient (Wildman–Crippen LogP) is 2.82. The Morgan fingerprint density at radius 2 is 2.04 bits per heavy atom. The number of nitrogen functional groups attached to an aromatic ring is 1. The molecular weight excluding hydrogens is 314 g/mol. The van der Waals surface area contributed by atoms with Crippen LogP contribution in [-0.4, -0.2) is 20.4 Å². The van der Waals surface area contributed by atoms with Crippen molar-refractivity contribution in [3.05, 3.63) is 47.4 Å². The number of benzene rings is 1. The third-order valence-corrected chi connectivity index (χ3v) is 5.66. The van der Waals surface area contributed by atoms with Gasteiger partial charge in [0.2, 0.25) is 0 Å². The highest BCUT2D eigenvalue weighted by Gasteiger charge is 2.45. The number of nitrogens with one attached hydrogen (secondary N) is 1. The maximum absolute atomic E-state index is 12.5. The summed E-state index contributed by atoms with van der Waals surface area (Å²) in [5, 5.41) is 4.10. The Balaban J connectivity index is 1.75. The van der Waals surface area contributed by atoms with Gasteiger partial charge < -0.3 is 15.6 Å². The van der Waals surface area contributed by atoms with Crippen LogP contribution in [0.4, 0.5) is 5.82 Å². The van der Waals surface area contributed by atoms with E-state index in [9.17, 15) is 4.79 Å². The minimum atomic E-state index is -0.190. The van der Waals surface area contributed by atoms with Gasteiger partial charge in [0.15, 0.2) is 0 Å². The summed E-state index contributed by atoms with van der Waals surface area (Å²) in [7, 11) is 0. The Bertz CT molecular complexity index is 1030. The Kier molecular flexibility index (Phi) is 2.78. The van der Waals surface area contributed by atoms with Gasteiger partial charge in [0.25, 0.3) is 5.91 Å². The first-order chi connectivity index (χ1) is 12.1. The van der Waals surface area contributed by atoms with E-state index in [0.29, 0.717) is 5.82 Å². The first kappa shape index (κ1) is 14.5. The highest BCUT2D eigenvalue weighted by atomic mass is 16.2. The molecule has 1 aliphatic heterocycles. The van der Waals surface area contributed by atoms with Crippen molar-refractivity contribution >= 4 is 22.8 Å². The molecule has 3 aromatic rings. The molecule has 6 heteroatoms. The lowest BCUT2D eigenvalue weighted by Crippen LogP contribution is -2.36. The normalized spacial score (nSPS) is 18.0. The largest absolute Gasteiger partial charge is 0.383 e. The second-order valence-electron chi connectivity index (χ2n) is 7.11. The number of carbonyl (C=O) groups excluding carboxylic acids is 1. The monoisotopic (exact) mass is 333 g/mol. The lowest BCUT2D eigenvalue weighted by molar-refractivity contribution is 0.0930. The molecule has 0 atom stereocenters. The molecule has 2 aromatic heterocycles. The number of anilines is 1. The molecule has 1 fully saturated rings. The van der Waals surface area contributed by atoms with Crippen LogP contribution in [0.5, 0.6) is 0 Å². The van der Waals surface area contributed by atoms with Crippen LogP contribution in [0, 0.1) is 6.92 Å². The Hall–Kier alpha value is -2.89. The van der Waals surface area contributed by atoms with Crippen molar-refractivity contribution in [1.82, 2.24) is 19.9 Å². The fourth-order valence-electron chi connectivity index (χ4n) is 4.49. The minimum absolute atomic E-state index is 0.0601.